The van der Waals surface area contributed by atoms with Crippen molar-refractivity contribution in [3.8, 4) is 11.3 Å². The van der Waals surface area contributed by atoms with Gasteiger partial charge >= 0.3 is 0 Å². The predicted molar refractivity (Wildman–Crippen MR) is 115 cm³/mol. The number of benzene rings is 3. The third-order valence-corrected chi connectivity index (χ3v) is 6.98. The van der Waals surface area contributed by atoms with Gasteiger partial charge in [-0.2, -0.15) is 0 Å². The van der Waals surface area contributed by atoms with E-state index in [1.807, 2.05) is 0 Å². The van der Waals surface area contributed by atoms with E-state index in [1.54, 1.807) is 6.33 Å². The quantitative estimate of drug-likeness (QED) is 0.344. The van der Waals surface area contributed by atoms with E-state index in [9.17, 15) is 0 Å². The third kappa shape index (κ3) is 2.82. The van der Waals surface area contributed by atoms with Gasteiger partial charge in [0.05, 0.1) is 19.3 Å². The molecule has 3 heteroatoms. The summed E-state index contributed by atoms with van der Waals surface area (Å²) in [6, 6.07) is 17.7. The van der Waals surface area contributed by atoms with E-state index in [0.29, 0.717) is 0 Å². The van der Waals surface area contributed by atoms with Crippen LogP contribution in [0.1, 0.15) is 11.1 Å². The van der Waals surface area contributed by atoms with Gasteiger partial charge in [0.1, 0.15) is 6.33 Å². The Morgan fingerprint density at radius 2 is 1.54 bits per heavy atom. The molecule has 0 saturated heterocycles. The van der Waals surface area contributed by atoms with E-state index in [2.05, 4.69) is 87.0 Å². The highest BCUT2D eigenvalue weighted by atomic mass is 28.3. The summed E-state index contributed by atoms with van der Waals surface area (Å²) in [6.45, 7) is 11.5. The predicted octanol–water partition coefficient (Wildman–Crippen LogP) is 5.61. The molecule has 0 spiro atoms. The fourth-order valence-electron chi connectivity index (χ4n) is 3.87. The van der Waals surface area contributed by atoms with Gasteiger partial charge in [-0.3, -0.25) is 0 Å². The number of aromatic nitrogens is 2. The molecule has 0 aliphatic rings. The lowest BCUT2D eigenvalue weighted by molar-refractivity contribution is 1.22. The summed E-state index contributed by atoms with van der Waals surface area (Å²) < 4.78 is 0. The Morgan fingerprint density at radius 3 is 2.23 bits per heavy atom. The first-order valence-electron chi connectivity index (χ1n) is 9.10. The average molecular weight is 357 g/mol. The molecule has 3 aromatic carbocycles. The van der Waals surface area contributed by atoms with Gasteiger partial charge in [0.15, 0.2) is 0 Å². The molecule has 0 N–H and O–H groups in total. The van der Waals surface area contributed by atoms with Crippen LogP contribution in [0.2, 0.25) is 19.6 Å². The van der Waals surface area contributed by atoms with E-state index >= 15 is 0 Å². The zero-order valence-electron chi connectivity index (χ0n) is 16.1. The first-order valence-corrected chi connectivity index (χ1v) is 12.6. The van der Waals surface area contributed by atoms with E-state index < -0.39 is 8.07 Å². The average Bonchev–Trinajstić information content (AvgIpc) is 2.58. The van der Waals surface area contributed by atoms with Crippen LogP contribution in [0.4, 0.5) is 0 Å². The van der Waals surface area contributed by atoms with Crippen molar-refractivity contribution >= 4 is 34.9 Å². The minimum atomic E-state index is -1.49. The van der Waals surface area contributed by atoms with Crippen LogP contribution in [0.15, 0.2) is 54.9 Å². The molecule has 0 aliphatic heterocycles. The molecule has 4 rings (SSSR count). The lowest BCUT2D eigenvalue weighted by Crippen LogP contribution is -2.38. The zero-order valence-corrected chi connectivity index (χ0v) is 17.1. The topological polar surface area (TPSA) is 25.8 Å². The second-order valence-electron chi connectivity index (χ2n) is 8.21. The maximum atomic E-state index is 4.73. The number of nitrogens with zero attached hydrogens (tertiary/aromatic N) is 2. The highest BCUT2D eigenvalue weighted by molar-refractivity contribution is 6.90. The highest BCUT2D eigenvalue weighted by Gasteiger charge is 2.21. The fourth-order valence-corrected chi connectivity index (χ4v) is 5.47. The first-order chi connectivity index (χ1) is 12.3. The molecule has 0 unspecified atom stereocenters. The molecule has 2 nitrogen and oxygen atoms in total. The summed E-state index contributed by atoms with van der Waals surface area (Å²) in [5.74, 6) is 0. The second-order valence-corrected chi connectivity index (χ2v) is 13.3. The lowest BCUT2D eigenvalue weighted by atomic mass is 9.99. The third-order valence-electron chi connectivity index (χ3n) is 4.95. The fraction of sp³-hybridized carbons (Fsp3) is 0.217. The van der Waals surface area contributed by atoms with Gasteiger partial charge in [0.25, 0.3) is 0 Å². The molecule has 1 heterocycles. The second kappa shape index (κ2) is 6.03. The number of aryl methyl sites for hydroxylation is 2. The Balaban J connectivity index is 2.12. The maximum Gasteiger partial charge on any atom is 0.116 e. The van der Waals surface area contributed by atoms with Crippen molar-refractivity contribution in [3.63, 3.8) is 0 Å². The minimum absolute atomic E-state index is 1.02. The first kappa shape index (κ1) is 16.9. The van der Waals surface area contributed by atoms with Gasteiger partial charge in [-0.05, 0) is 37.4 Å². The van der Waals surface area contributed by atoms with E-state index in [-0.39, 0.29) is 0 Å². The molecule has 0 radical (unpaired) electrons. The summed E-state index contributed by atoms with van der Waals surface area (Å²) in [6.07, 6.45) is 1.72. The van der Waals surface area contributed by atoms with Crippen LogP contribution in [0.3, 0.4) is 0 Å². The number of hydrogen-bond donors (Lipinski definition) is 0. The van der Waals surface area contributed by atoms with Crippen LogP contribution >= 0.6 is 0 Å². The van der Waals surface area contributed by atoms with Crippen molar-refractivity contribution in [2.75, 3.05) is 0 Å². The molecular weight excluding hydrogens is 332 g/mol. The molecule has 0 saturated carbocycles. The normalized spacial score (nSPS) is 12.0. The molecular formula is C23H24N2Si. The Labute approximate surface area is 155 Å². The monoisotopic (exact) mass is 356 g/mol. The van der Waals surface area contributed by atoms with Gasteiger partial charge in [-0.25, -0.2) is 9.97 Å². The lowest BCUT2D eigenvalue weighted by Gasteiger charge is -2.20. The minimum Gasteiger partial charge on any atom is -0.236 e. The Hall–Kier alpha value is -2.52. The van der Waals surface area contributed by atoms with E-state index in [1.165, 1.54) is 32.6 Å². The van der Waals surface area contributed by atoms with E-state index in [0.717, 1.165) is 16.6 Å². The van der Waals surface area contributed by atoms with Crippen molar-refractivity contribution in [1.82, 2.24) is 9.97 Å². The maximum absolute atomic E-state index is 4.73. The Bertz CT molecular complexity index is 1120. The molecule has 0 aliphatic carbocycles. The standard InChI is InChI=1S/C23H24N2Si/c1-15-11-16(2)13-18(12-15)22-19-10-9-17-7-6-8-20(26(3,4)5)21(17)23(19)25-14-24-22/h6-14H,1-5H3. The molecule has 0 fully saturated rings. The molecule has 26 heavy (non-hydrogen) atoms. The molecule has 0 atom stereocenters. The summed E-state index contributed by atoms with van der Waals surface area (Å²) in [4.78, 5) is 9.38. The number of hydrogen-bond acceptors (Lipinski definition) is 2. The molecule has 0 bridgehead atoms. The number of rotatable bonds is 2. The smallest absolute Gasteiger partial charge is 0.116 e. The zero-order chi connectivity index (χ0) is 18.5. The summed E-state index contributed by atoms with van der Waals surface area (Å²) in [7, 11) is -1.49. The van der Waals surface area contributed by atoms with Gasteiger partial charge < -0.3 is 0 Å². The SMILES string of the molecule is Cc1cc(C)cc(-c2ncnc3c2ccc2cccc([Si](C)(C)C)c23)c1. The van der Waals surface area contributed by atoms with Crippen LogP contribution in [-0.2, 0) is 0 Å². The van der Waals surface area contributed by atoms with Crippen molar-refractivity contribution in [2.24, 2.45) is 0 Å². The van der Waals surface area contributed by atoms with Crippen molar-refractivity contribution in [2.45, 2.75) is 33.5 Å². The summed E-state index contributed by atoms with van der Waals surface area (Å²) >= 11 is 0. The van der Waals surface area contributed by atoms with Crippen LogP contribution in [-0.4, -0.2) is 18.0 Å². The van der Waals surface area contributed by atoms with Crippen LogP contribution < -0.4 is 5.19 Å². The Morgan fingerprint density at radius 1 is 0.808 bits per heavy atom. The van der Waals surface area contributed by atoms with E-state index in [4.69, 9.17) is 4.98 Å². The molecule has 1 aromatic heterocycles. The van der Waals surface area contributed by atoms with Crippen molar-refractivity contribution in [3.05, 3.63) is 66.0 Å². The molecule has 0 amide bonds. The summed E-state index contributed by atoms with van der Waals surface area (Å²) in [5.41, 5.74) is 5.78. The van der Waals surface area contributed by atoms with Crippen LogP contribution in [0.5, 0.6) is 0 Å². The largest absolute Gasteiger partial charge is 0.236 e. The Kier molecular flexibility index (Phi) is 3.92. The van der Waals surface area contributed by atoms with Crippen LogP contribution in [0.25, 0.3) is 32.9 Å². The van der Waals surface area contributed by atoms with Crippen molar-refractivity contribution < 1.29 is 0 Å². The van der Waals surface area contributed by atoms with Crippen molar-refractivity contribution in [1.29, 1.82) is 0 Å². The molecule has 4 aromatic rings. The van der Waals surface area contributed by atoms with Gasteiger partial charge in [-0.15, -0.1) is 0 Å². The molecule has 130 valence electrons. The number of fused-ring (bicyclic) bond motifs is 3. The van der Waals surface area contributed by atoms with Gasteiger partial charge in [0.2, 0.25) is 0 Å². The summed E-state index contributed by atoms with van der Waals surface area (Å²) in [5, 5.41) is 5.17. The van der Waals surface area contributed by atoms with Crippen LogP contribution in [0, 0.1) is 13.8 Å². The van der Waals surface area contributed by atoms with Gasteiger partial charge in [-0.1, -0.05) is 66.3 Å². The van der Waals surface area contributed by atoms with Gasteiger partial charge in [0, 0.05) is 16.3 Å². The highest BCUT2D eigenvalue weighted by Crippen LogP contribution is 2.31.